The number of amides is 1. The molecule has 0 N–H and O–H groups in total. The Labute approximate surface area is 140 Å². The van der Waals surface area contributed by atoms with Gasteiger partial charge in [0.2, 0.25) is 0 Å². The van der Waals surface area contributed by atoms with E-state index < -0.39 is 5.82 Å². The van der Waals surface area contributed by atoms with Gasteiger partial charge >= 0.3 is 0 Å². The van der Waals surface area contributed by atoms with Gasteiger partial charge in [0, 0.05) is 30.7 Å². The summed E-state index contributed by atoms with van der Waals surface area (Å²) in [6.07, 6.45) is 6.42. The molecular weight excluding hydrogens is 347 g/mol. The summed E-state index contributed by atoms with van der Waals surface area (Å²) in [4.78, 5) is 16.3. The van der Waals surface area contributed by atoms with Crippen LogP contribution in [-0.4, -0.2) is 48.9 Å². The number of hydrogen-bond acceptors (Lipinski definition) is 2. The second-order valence-electron chi connectivity index (χ2n) is 6.12. The lowest BCUT2D eigenvalue weighted by Crippen LogP contribution is -2.40. The quantitative estimate of drug-likeness (QED) is 0.783. The van der Waals surface area contributed by atoms with Crippen LogP contribution in [0.2, 0.25) is 0 Å². The molecule has 3 nitrogen and oxygen atoms in total. The minimum absolute atomic E-state index is 0.122. The number of rotatable bonds is 5. The van der Waals surface area contributed by atoms with Crippen LogP contribution in [0.3, 0.4) is 0 Å². The van der Waals surface area contributed by atoms with Gasteiger partial charge in [-0.15, -0.1) is 0 Å². The predicted molar refractivity (Wildman–Crippen MR) is 90.6 cm³/mol. The van der Waals surface area contributed by atoms with Gasteiger partial charge in [0.15, 0.2) is 0 Å². The molecule has 0 aromatic heterocycles. The molecule has 122 valence electrons. The van der Waals surface area contributed by atoms with Gasteiger partial charge < -0.3 is 9.80 Å². The lowest BCUT2D eigenvalue weighted by molar-refractivity contribution is 0.0763. The second-order valence-corrected chi connectivity index (χ2v) is 7.04. The van der Waals surface area contributed by atoms with Crippen LogP contribution in [0.5, 0.6) is 0 Å². The van der Waals surface area contributed by atoms with Gasteiger partial charge in [-0.1, -0.05) is 35.2 Å². The largest absolute Gasteiger partial charge is 0.340 e. The van der Waals surface area contributed by atoms with Crippen molar-refractivity contribution in [2.24, 2.45) is 0 Å². The van der Waals surface area contributed by atoms with Crippen molar-refractivity contribution >= 4 is 21.8 Å². The molecule has 0 radical (unpaired) electrons. The van der Waals surface area contributed by atoms with E-state index in [1.807, 2.05) is 0 Å². The van der Waals surface area contributed by atoms with Gasteiger partial charge in [-0.3, -0.25) is 4.79 Å². The molecule has 2 rings (SSSR count). The summed E-state index contributed by atoms with van der Waals surface area (Å²) in [5.41, 5.74) is 0.122. The number of halogens is 2. The van der Waals surface area contributed by atoms with E-state index >= 15 is 0 Å². The van der Waals surface area contributed by atoms with Gasteiger partial charge in [0.05, 0.1) is 5.56 Å². The van der Waals surface area contributed by atoms with E-state index in [-0.39, 0.29) is 11.5 Å². The molecule has 0 aliphatic heterocycles. The second kappa shape index (κ2) is 8.06. The van der Waals surface area contributed by atoms with Crippen LogP contribution in [-0.2, 0) is 0 Å². The standard InChI is InChI=1S/C17H24BrFN2O/c1-20(14-6-4-3-5-7-14)10-11-21(2)17(22)15-12-13(18)8-9-16(15)19/h8-9,12,14H,3-7,10-11H2,1-2H3. The zero-order valence-corrected chi connectivity index (χ0v) is 14.9. The number of likely N-dealkylation sites (N-methyl/N-ethyl adjacent to an activating group) is 2. The van der Waals surface area contributed by atoms with Crippen molar-refractivity contribution in [1.29, 1.82) is 0 Å². The van der Waals surface area contributed by atoms with Crippen LogP contribution < -0.4 is 0 Å². The zero-order valence-electron chi connectivity index (χ0n) is 13.3. The smallest absolute Gasteiger partial charge is 0.256 e. The summed E-state index contributed by atoms with van der Waals surface area (Å²) in [7, 11) is 3.85. The molecule has 0 bridgehead atoms. The third-order valence-corrected chi connectivity index (χ3v) is 4.98. The maximum absolute atomic E-state index is 13.8. The minimum Gasteiger partial charge on any atom is -0.340 e. The molecule has 1 saturated carbocycles. The zero-order chi connectivity index (χ0) is 16.1. The van der Waals surface area contributed by atoms with E-state index in [1.165, 1.54) is 38.2 Å². The van der Waals surface area contributed by atoms with Crippen molar-refractivity contribution in [3.05, 3.63) is 34.1 Å². The van der Waals surface area contributed by atoms with Gasteiger partial charge in [-0.2, -0.15) is 0 Å². The predicted octanol–water partition coefficient (Wildman–Crippen LogP) is 3.92. The van der Waals surface area contributed by atoms with Crippen molar-refractivity contribution < 1.29 is 9.18 Å². The van der Waals surface area contributed by atoms with Crippen molar-refractivity contribution in [3.63, 3.8) is 0 Å². The Balaban J connectivity index is 1.89. The topological polar surface area (TPSA) is 23.6 Å². The first-order valence-electron chi connectivity index (χ1n) is 7.90. The highest BCUT2D eigenvalue weighted by Gasteiger charge is 2.20. The van der Waals surface area contributed by atoms with E-state index in [9.17, 15) is 9.18 Å². The average molecular weight is 371 g/mol. The normalized spacial score (nSPS) is 16.0. The van der Waals surface area contributed by atoms with E-state index in [0.717, 1.165) is 6.54 Å². The lowest BCUT2D eigenvalue weighted by Gasteiger charge is -2.32. The molecule has 0 spiro atoms. The fraction of sp³-hybridized carbons (Fsp3) is 0.588. The van der Waals surface area contributed by atoms with Crippen LogP contribution in [0.4, 0.5) is 4.39 Å². The number of nitrogens with zero attached hydrogens (tertiary/aromatic N) is 2. The number of carbonyl (C=O) groups is 1. The molecule has 1 aliphatic carbocycles. The summed E-state index contributed by atoms with van der Waals surface area (Å²) in [6.45, 7) is 1.43. The number of carbonyl (C=O) groups excluding carboxylic acids is 1. The Morgan fingerprint density at radius 3 is 2.59 bits per heavy atom. The molecule has 1 fully saturated rings. The molecule has 0 heterocycles. The fourth-order valence-corrected chi connectivity index (χ4v) is 3.34. The SMILES string of the molecule is CN(CCN(C)C1CCCCC1)C(=O)c1cc(Br)ccc1F. The first-order chi connectivity index (χ1) is 10.5. The first kappa shape index (κ1) is 17.4. The Morgan fingerprint density at radius 1 is 1.23 bits per heavy atom. The highest BCUT2D eigenvalue weighted by molar-refractivity contribution is 9.10. The molecule has 5 heteroatoms. The van der Waals surface area contributed by atoms with Gasteiger partial charge in [0.25, 0.3) is 5.91 Å². The first-order valence-corrected chi connectivity index (χ1v) is 8.69. The Bertz CT molecular complexity index is 517. The maximum Gasteiger partial charge on any atom is 0.256 e. The molecule has 1 aliphatic rings. The highest BCUT2D eigenvalue weighted by atomic mass is 79.9. The summed E-state index contributed by atoms with van der Waals surface area (Å²) in [5, 5.41) is 0. The molecule has 1 amide bonds. The van der Waals surface area contributed by atoms with E-state index in [0.29, 0.717) is 17.1 Å². The van der Waals surface area contributed by atoms with Crippen LogP contribution in [0.1, 0.15) is 42.5 Å². The molecule has 22 heavy (non-hydrogen) atoms. The van der Waals surface area contributed by atoms with E-state index in [2.05, 4.69) is 27.9 Å². The van der Waals surface area contributed by atoms with Crippen molar-refractivity contribution in [1.82, 2.24) is 9.80 Å². The average Bonchev–Trinajstić information content (AvgIpc) is 2.54. The number of hydrogen-bond donors (Lipinski definition) is 0. The minimum atomic E-state index is -0.472. The van der Waals surface area contributed by atoms with Crippen molar-refractivity contribution in [2.45, 2.75) is 38.1 Å². The fourth-order valence-electron chi connectivity index (χ4n) is 2.98. The third kappa shape index (κ3) is 4.53. The van der Waals surface area contributed by atoms with Gasteiger partial charge in [-0.25, -0.2) is 4.39 Å². The van der Waals surface area contributed by atoms with Crippen molar-refractivity contribution in [3.8, 4) is 0 Å². The molecule has 0 atom stereocenters. The summed E-state index contributed by atoms with van der Waals surface area (Å²) < 4.78 is 14.5. The maximum atomic E-state index is 13.8. The number of benzene rings is 1. The van der Waals surface area contributed by atoms with Crippen LogP contribution in [0.25, 0.3) is 0 Å². The van der Waals surface area contributed by atoms with Gasteiger partial charge in [-0.05, 0) is 38.1 Å². The summed E-state index contributed by atoms with van der Waals surface area (Å²) in [6, 6.07) is 5.08. The Kier molecular flexibility index (Phi) is 6.38. The summed E-state index contributed by atoms with van der Waals surface area (Å²) >= 11 is 3.28. The molecule has 1 aromatic carbocycles. The lowest BCUT2D eigenvalue weighted by atomic mass is 9.94. The van der Waals surface area contributed by atoms with Crippen LogP contribution in [0, 0.1) is 5.82 Å². The molecule has 1 aromatic rings. The Hall–Kier alpha value is -0.940. The monoisotopic (exact) mass is 370 g/mol. The molecule has 0 unspecified atom stereocenters. The van der Waals surface area contributed by atoms with Crippen LogP contribution in [0.15, 0.2) is 22.7 Å². The third-order valence-electron chi connectivity index (χ3n) is 4.49. The van der Waals surface area contributed by atoms with E-state index in [1.54, 1.807) is 24.1 Å². The Morgan fingerprint density at radius 2 is 1.91 bits per heavy atom. The molecule has 0 saturated heterocycles. The summed E-state index contributed by atoms with van der Waals surface area (Å²) in [5.74, 6) is -0.739. The van der Waals surface area contributed by atoms with Crippen molar-refractivity contribution in [2.75, 3.05) is 27.2 Å². The van der Waals surface area contributed by atoms with Crippen LogP contribution >= 0.6 is 15.9 Å². The molecular formula is C17H24BrFN2O. The highest BCUT2D eigenvalue weighted by Crippen LogP contribution is 2.21. The van der Waals surface area contributed by atoms with E-state index in [4.69, 9.17) is 0 Å². The van der Waals surface area contributed by atoms with Gasteiger partial charge in [0.1, 0.15) is 5.82 Å².